The fraction of sp³-hybridized carbons (Fsp3) is 0.267. The molecule has 32 heavy (non-hydrogen) atoms. The van der Waals surface area contributed by atoms with Crippen molar-refractivity contribution in [3.8, 4) is 0 Å². The van der Waals surface area contributed by atoms with Gasteiger partial charge in [0.25, 0.3) is 0 Å². The predicted molar refractivity (Wildman–Crippen MR) is 129 cm³/mol. The van der Waals surface area contributed by atoms with E-state index < -0.39 is 12.2 Å². The SMILES string of the molecule is CC(C)=C1C2c3cc4ccccc4cc3C1C1C(O)c3cc4ccccc4cc3C(O)C21. The van der Waals surface area contributed by atoms with Crippen LogP contribution < -0.4 is 0 Å². The smallest absolute Gasteiger partial charge is 0.0835 e. The maximum absolute atomic E-state index is 11.7. The van der Waals surface area contributed by atoms with Crippen LogP contribution >= 0.6 is 0 Å². The molecule has 0 radical (unpaired) electrons. The van der Waals surface area contributed by atoms with Crippen LogP contribution in [0.2, 0.25) is 0 Å². The number of hydrogen-bond donors (Lipinski definition) is 2. The molecule has 1 fully saturated rings. The normalized spacial score (nSPS) is 29.8. The van der Waals surface area contributed by atoms with E-state index in [0.717, 1.165) is 21.9 Å². The maximum Gasteiger partial charge on any atom is 0.0835 e. The van der Waals surface area contributed by atoms with Gasteiger partial charge in [-0.25, -0.2) is 0 Å². The van der Waals surface area contributed by atoms with Crippen molar-refractivity contribution in [1.82, 2.24) is 0 Å². The third-order valence-electron chi connectivity index (χ3n) is 8.40. The minimum atomic E-state index is -0.577. The van der Waals surface area contributed by atoms with E-state index in [1.807, 2.05) is 12.1 Å². The lowest BCUT2D eigenvalue weighted by Gasteiger charge is -2.43. The molecule has 3 aliphatic rings. The summed E-state index contributed by atoms with van der Waals surface area (Å²) >= 11 is 0. The standard InChI is InChI=1S/C30H26O2/c1-15(2)24-25-20-11-16-7-3-4-8-17(16)12-21(20)26(24)28-27(25)29(31)22-13-18-9-5-6-10-19(18)14-23(22)30(28)32/h3-14,25-32H,1-2H3. The number of hydrogen-bond acceptors (Lipinski definition) is 2. The van der Waals surface area contributed by atoms with Crippen molar-refractivity contribution in [3.05, 3.63) is 106 Å². The summed E-state index contributed by atoms with van der Waals surface area (Å²) in [7, 11) is 0. The van der Waals surface area contributed by atoms with Gasteiger partial charge in [-0.2, -0.15) is 0 Å². The maximum atomic E-state index is 11.7. The number of fused-ring (bicyclic) bond motifs is 11. The summed E-state index contributed by atoms with van der Waals surface area (Å²) in [5.41, 5.74) is 7.24. The molecule has 0 amide bonds. The first kappa shape index (κ1) is 18.6. The van der Waals surface area contributed by atoms with Gasteiger partial charge in [0.05, 0.1) is 12.2 Å². The monoisotopic (exact) mass is 418 g/mol. The average molecular weight is 419 g/mol. The first-order chi connectivity index (χ1) is 15.5. The van der Waals surface area contributed by atoms with E-state index in [4.69, 9.17) is 0 Å². The molecule has 0 aliphatic heterocycles. The summed E-state index contributed by atoms with van der Waals surface area (Å²) in [6, 6.07) is 25.6. The van der Waals surface area contributed by atoms with Gasteiger partial charge >= 0.3 is 0 Å². The molecule has 158 valence electrons. The Morgan fingerprint density at radius 3 is 1.25 bits per heavy atom. The second kappa shape index (κ2) is 6.31. The fourth-order valence-electron chi connectivity index (χ4n) is 7.23. The second-order valence-corrected chi connectivity index (χ2v) is 10.1. The predicted octanol–water partition coefficient (Wildman–Crippen LogP) is 6.54. The summed E-state index contributed by atoms with van der Waals surface area (Å²) in [6.07, 6.45) is -1.15. The summed E-state index contributed by atoms with van der Waals surface area (Å²) in [5, 5.41) is 28.2. The molecule has 2 heteroatoms. The fourth-order valence-corrected chi connectivity index (χ4v) is 7.23. The highest BCUT2D eigenvalue weighted by molar-refractivity contribution is 5.87. The summed E-state index contributed by atoms with van der Waals surface area (Å²) in [4.78, 5) is 0. The van der Waals surface area contributed by atoms with Crippen molar-refractivity contribution < 1.29 is 10.2 Å². The summed E-state index contributed by atoms with van der Waals surface area (Å²) < 4.78 is 0. The van der Waals surface area contributed by atoms with Gasteiger partial charge in [-0.05, 0) is 69.8 Å². The molecule has 6 unspecified atom stereocenters. The molecule has 0 aromatic heterocycles. The van der Waals surface area contributed by atoms with Crippen LogP contribution in [0.1, 0.15) is 60.1 Å². The zero-order valence-electron chi connectivity index (χ0n) is 18.3. The molecule has 7 rings (SSSR count). The van der Waals surface area contributed by atoms with E-state index in [0.29, 0.717) is 0 Å². The first-order valence-corrected chi connectivity index (χ1v) is 11.6. The largest absolute Gasteiger partial charge is 0.388 e. The van der Waals surface area contributed by atoms with Crippen LogP contribution in [0.3, 0.4) is 0 Å². The van der Waals surface area contributed by atoms with E-state index in [1.54, 1.807) is 0 Å². The Morgan fingerprint density at radius 2 is 0.906 bits per heavy atom. The van der Waals surface area contributed by atoms with Crippen molar-refractivity contribution in [2.24, 2.45) is 11.8 Å². The Labute approximate surface area is 187 Å². The Kier molecular flexibility index (Phi) is 3.67. The summed E-state index contributed by atoms with van der Waals surface area (Å²) in [6.45, 7) is 4.39. The number of allylic oxidation sites excluding steroid dienone is 2. The third kappa shape index (κ3) is 2.22. The molecule has 4 aromatic rings. The molecule has 2 N–H and O–H groups in total. The molecule has 0 spiro atoms. The first-order valence-electron chi connectivity index (χ1n) is 11.6. The highest BCUT2D eigenvalue weighted by Crippen LogP contribution is 2.70. The Morgan fingerprint density at radius 1 is 0.562 bits per heavy atom. The zero-order chi connectivity index (χ0) is 21.7. The van der Waals surface area contributed by atoms with Crippen LogP contribution in [0, 0.1) is 11.8 Å². The molecule has 1 saturated carbocycles. The molecule has 4 aromatic carbocycles. The van der Waals surface area contributed by atoms with Crippen LogP contribution in [0.5, 0.6) is 0 Å². The highest BCUT2D eigenvalue weighted by atomic mass is 16.3. The number of aliphatic hydroxyl groups excluding tert-OH is 2. The molecule has 2 nitrogen and oxygen atoms in total. The second-order valence-electron chi connectivity index (χ2n) is 10.1. The van der Waals surface area contributed by atoms with E-state index >= 15 is 0 Å². The molecule has 0 heterocycles. The lowest BCUT2D eigenvalue weighted by molar-refractivity contribution is -0.0148. The zero-order valence-corrected chi connectivity index (χ0v) is 18.3. The van der Waals surface area contributed by atoms with E-state index in [2.05, 4.69) is 74.5 Å². The van der Waals surface area contributed by atoms with Crippen molar-refractivity contribution >= 4 is 21.5 Å². The molecule has 2 bridgehead atoms. The molecular weight excluding hydrogens is 392 g/mol. The van der Waals surface area contributed by atoms with Gasteiger partial charge in [-0.3, -0.25) is 0 Å². The minimum absolute atomic E-state index is 0.00206. The van der Waals surface area contributed by atoms with Crippen molar-refractivity contribution in [3.63, 3.8) is 0 Å². The average Bonchev–Trinajstić information content (AvgIpc) is 3.32. The summed E-state index contributed by atoms with van der Waals surface area (Å²) in [5.74, 6) is 0.335. The quantitative estimate of drug-likeness (QED) is 0.319. The van der Waals surface area contributed by atoms with Crippen molar-refractivity contribution in [2.45, 2.75) is 37.9 Å². The van der Waals surface area contributed by atoms with E-state index in [9.17, 15) is 10.2 Å². The van der Waals surface area contributed by atoms with Crippen LogP contribution in [0.4, 0.5) is 0 Å². The van der Waals surface area contributed by atoms with Crippen molar-refractivity contribution in [2.75, 3.05) is 0 Å². The van der Waals surface area contributed by atoms with Crippen molar-refractivity contribution in [1.29, 1.82) is 0 Å². The number of aliphatic hydroxyl groups is 2. The molecular formula is C30H26O2. The third-order valence-corrected chi connectivity index (χ3v) is 8.40. The van der Waals surface area contributed by atoms with Gasteiger partial charge in [-0.1, -0.05) is 71.8 Å². The van der Waals surface area contributed by atoms with Gasteiger partial charge in [0.1, 0.15) is 0 Å². The van der Waals surface area contributed by atoms with E-state index in [1.165, 1.54) is 33.0 Å². The highest BCUT2D eigenvalue weighted by Gasteiger charge is 2.61. The van der Waals surface area contributed by atoms with Crippen LogP contribution in [-0.2, 0) is 0 Å². The van der Waals surface area contributed by atoms with Gasteiger partial charge in [0, 0.05) is 23.7 Å². The molecule has 3 aliphatic carbocycles. The lowest BCUT2D eigenvalue weighted by atomic mass is 9.64. The van der Waals surface area contributed by atoms with Crippen LogP contribution in [0.25, 0.3) is 21.5 Å². The van der Waals surface area contributed by atoms with Gasteiger partial charge in [0.2, 0.25) is 0 Å². The van der Waals surface area contributed by atoms with E-state index in [-0.39, 0.29) is 23.7 Å². The minimum Gasteiger partial charge on any atom is -0.388 e. The Bertz CT molecular complexity index is 1360. The Balaban J connectivity index is 1.49. The van der Waals surface area contributed by atoms with Crippen LogP contribution in [0.15, 0.2) is 83.9 Å². The molecule has 0 saturated heterocycles. The molecule has 6 atom stereocenters. The van der Waals surface area contributed by atoms with Gasteiger partial charge in [-0.15, -0.1) is 0 Å². The number of benzene rings is 4. The van der Waals surface area contributed by atoms with Crippen LogP contribution in [-0.4, -0.2) is 10.2 Å². The Hall–Kier alpha value is -2.94. The van der Waals surface area contributed by atoms with Gasteiger partial charge < -0.3 is 10.2 Å². The topological polar surface area (TPSA) is 40.5 Å². The number of rotatable bonds is 0. The van der Waals surface area contributed by atoms with Gasteiger partial charge in [0.15, 0.2) is 0 Å². The lowest BCUT2D eigenvalue weighted by Crippen LogP contribution is -2.36.